The first kappa shape index (κ1) is 11.9. The molecule has 0 radical (unpaired) electrons. The van der Waals surface area contributed by atoms with Crippen LogP contribution in [0.4, 0.5) is 0 Å². The lowest BCUT2D eigenvalue weighted by molar-refractivity contribution is -0.143. The van der Waals surface area contributed by atoms with Crippen LogP contribution in [0.2, 0.25) is 0 Å². The minimum absolute atomic E-state index is 0.181. The lowest BCUT2D eigenvalue weighted by Crippen LogP contribution is -2.50. The van der Waals surface area contributed by atoms with Gasteiger partial charge in [-0.3, -0.25) is 4.79 Å². The molecule has 92 valence electrons. The highest BCUT2D eigenvalue weighted by molar-refractivity contribution is 5.74. The molecular formula is C13H23NO2. The summed E-state index contributed by atoms with van der Waals surface area (Å²) in [5, 5.41) is 9.09. The molecule has 3 heteroatoms. The first-order valence-electron chi connectivity index (χ1n) is 6.39. The summed E-state index contributed by atoms with van der Waals surface area (Å²) in [7, 11) is 0. The van der Waals surface area contributed by atoms with Gasteiger partial charge in [-0.1, -0.05) is 13.8 Å². The Bertz CT molecular complexity index is 272. The van der Waals surface area contributed by atoms with Crippen LogP contribution in [-0.2, 0) is 4.79 Å². The molecule has 2 fully saturated rings. The van der Waals surface area contributed by atoms with E-state index in [4.69, 9.17) is 10.8 Å². The number of carbonyl (C=O) groups is 1. The van der Waals surface area contributed by atoms with Gasteiger partial charge in [-0.2, -0.15) is 0 Å². The van der Waals surface area contributed by atoms with Crippen molar-refractivity contribution >= 4 is 5.97 Å². The molecule has 0 aromatic rings. The molecule has 2 rings (SSSR count). The van der Waals surface area contributed by atoms with Crippen molar-refractivity contribution in [2.45, 2.75) is 52.0 Å². The van der Waals surface area contributed by atoms with Crippen LogP contribution in [0.5, 0.6) is 0 Å². The Hall–Kier alpha value is -0.570. The zero-order chi connectivity index (χ0) is 11.9. The van der Waals surface area contributed by atoms with Gasteiger partial charge in [0.05, 0.1) is 0 Å². The molecule has 2 aliphatic rings. The zero-order valence-corrected chi connectivity index (χ0v) is 10.3. The number of rotatable bonds is 2. The number of hydrogen-bond acceptors (Lipinski definition) is 2. The van der Waals surface area contributed by atoms with E-state index in [0.29, 0.717) is 11.8 Å². The summed E-state index contributed by atoms with van der Waals surface area (Å²) >= 11 is 0. The van der Waals surface area contributed by atoms with Crippen LogP contribution >= 0.6 is 0 Å². The normalized spacial score (nSPS) is 45.1. The van der Waals surface area contributed by atoms with Gasteiger partial charge < -0.3 is 10.8 Å². The monoisotopic (exact) mass is 225 g/mol. The molecule has 0 saturated heterocycles. The number of aliphatic carboxylic acids is 1. The zero-order valence-electron chi connectivity index (χ0n) is 10.3. The van der Waals surface area contributed by atoms with Crippen LogP contribution in [0.1, 0.15) is 46.0 Å². The van der Waals surface area contributed by atoms with Gasteiger partial charge in [-0.15, -0.1) is 0 Å². The molecule has 0 aliphatic heterocycles. The second kappa shape index (κ2) is 4.02. The van der Waals surface area contributed by atoms with Crippen LogP contribution < -0.4 is 5.73 Å². The Morgan fingerprint density at radius 3 is 2.25 bits per heavy atom. The Morgan fingerprint density at radius 2 is 1.81 bits per heavy atom. The van der Waals surface area contributed by atoms with Gasteiger partial charge in [-0.25, -0.2) is 0 Å². The lowest BCUT2D eigenvalue weighted by Gasteiger charge is -2.48. The number of fused-ring (bicyclic) bond motifs is 2. The van der Waals surface area contributed by atoms with Crippen LogP contribution in [0.15, 0.2) is 0 Å². The highest BCUT2D eigenvalue weighted by atomic mass is 16.4. The van der Waals surface area contributed by atoms with Crippen molar-refractivity contribution < 1.29 is 9.90 Å². The summed E-state index contributed by atoms with van der Waals surface area (Å²) < 4.78 is 0. The summed E-state index contributed by atoms with van der Waals surface area (Å²) in [6, 6.07) is -0.689. The van der Waals surface area contributed by atoms with Crippen molar-refractivity contribution in [2.24, 2.45) is 28.9 Å². The van der Waals surface area contributed by atoms with E-state index >= 15 is 0 Å². The smallest absolute Gasteiger partial charge is 0.321 e. The molecule has 0 spiro atoms. The summed E-state index contributed by atoms with van der Waals surface area (Å²) in [4.78, 5) is 11.1. The molecule has 0 aromatic carbocycles. The van der Waals surface area contributed by atoms with Crippen LogP contribution in [-0.4, -0.2) is 17.1 Å². The second-order valence-corrected chi connectivity index (χ2v) is 6.42. The standard InChI is InChI=1S/C13H23NO2/c1-8-3-9-5-10(4-8)7-13(2,6-9)11(14)12(15)16/h8-11H,3-7,14H2,1-2H3,(H,15,16). The van der Waals surface area contributed by atoms with Gasteiger partial charge in [0.25, 0.3) is 0 Å². The third-order valence-corrected chi connectivity index (χ3v) is 4.66. The summed E-state index contributed by atoms with van der Waals surface area (Å²) in [6.45, 7) is 4.39. The summed E-state index contributed by atoms with van der Waals surface area (Å²) in [5.74, 6) is 1.39. The highest BCUT2D eigenvalue weighted by Gasteiger charge is 2.46. The SMILES string of the molecule is CC1CC2CC(C1)CC(C)(C(N)C(=O)O)C2. The van der Waals surface area contributed by atoms with Crippen LogP contribution in [0.25, 0.3) is 0 Å². The van der Waals surface area contributed by atoms with Crippen molar-refractivity contribution in [3.8, 4) is 0 Å². The lowest BCUT2D eigenvalue weighted by atomic mass is 9.57. The average Bonchev–Trinajstić information content (AvgIpc) is 2.13. The molecule has 3 unspecified atom stereocenters. The van der Waals surface area contributed by atoms with E-state index in [1.165, 1.54) is 19.3 Å². The topological polar surface area (TPSA) is 63.3 Å². The Morgan fingerprint density at radius 1 is 1.31 bits per heavy atom. The molecule has 2 aliphatic carbocycles. The molecule has 0 aromatic heterocycles. The van der Waals surface area contributed by atoms with Gasteiger partial charge in [0.15, 0.2) is 0 Å². The van der Waals surface area contributed by atoms with Gasteiger partial charge in [0, 0.05) is 0 Å². The quantitative estimate of drug-likeness (QED) is 0.757. The van der Waals surface area contributed by atoms with E-state index in [-0.39, 0.29) is 5.41 Å². The Labute approximate surface area is 97.4 Å². The fourth-order valence-corrected chi connectivity index (χ4v) is 4.19. The van der Waals surface area contributed by atoms with E-state index in [1.807, 2.05) is 0 Å². The van der Waals surface area contributed by atoms with E-state index < -0.39 is 12.0 Å². The van der Waals surface area contributed by atoms with Gasteiger partial charge in [0.2, 0.25) is 0 Å². The first-order chi connectivity index (χ1) is 7.40. The van der Waals surface area contributed by atoms with Crippen molar-refractivity contribution in [2.75, 3.05) is 0 Å². The molecule has 3 nitrogen and oxygen atoms in total. The van der Waals surface area contributed by atoms with E-state index in [0.717, 1.165) is 18.8 Å². The molecule has 3 atom stereocenters. The molecular weight excluding hydrogens is 202 g/mol. The summed E-state index contributed by atoms with van der Waals surface area (Å²) in [6.07, 6.45) is 5.83. The van der Waals surface area contributed by atoms with Crippen molar-refractivity contribution in [1.29, 1.82) is 0 Å². The average molecular weight is 225 g/mol. The maximum atomic E-state index is 11.1. The maximum absolute atomic E-state index is 11.1. The second-order valence-electron chi connectivity index (χ2n) is 6.42. The summed E-state index contributed by atoms with van der Waals surface area (Å²) in [5.41, 5.74) is 5.68. The maximum Gasteiger partial charge on any atom is 0.321 e. The fraction of sp³-hybridized carbons (Fsp3) is 0.923. The van der Waals surface area contributed by atoms with E-state index in [1.54, 1.807) is 0 Å². The number of carboxylic acids is 1. The third-order valence-electron chi connectivity index (χ3n) is 4.66. The number of hydrogen-bond donors (Lipinski definition) is 2. The van der Waals surface area contributed by atoms with Gasteiger partial charge >= 0.3 is 5.97 Å². The van der Waals surface area contributed by atoms with Crippen LogP contribution in [0, 0.1) is 23.2 Å². The van der Waals surface area contributed by atoms with E-state index in [2.05, 4.69) is 13.8 Å². The fourth-order valence-electron chi connectivity index (χ4n) is 4.19. The first-order valence-corrected chi connectivity index (χ1v) is 6.39. The molecule has 16 heavy (non-hydrogen) atoms. The van der Waals surface area contributed by atoms with Crippen molar-refractivity contribution in [1.82, 2.24) is 0 Å². The minimum Gasteiger partial charge on any atom is -0.480 e. The number of nitrogens with two attached hydrogens (primary N) is 1. The highest BCUT2D eigenvalue weighted by Crippen LogP contribution is 2.51. The Balaban J connectivity index is 2.11. The molecule has 3 N–H and O–H groups in total. The van der Waals surface area contributed by atoms with Gasteiger partial charge in [0.1, 0.15) is 6.04 Å². The number of carboxylic acid groups (broad SMARTS) is 1. The van der Waals surface area contributed by atoms with Crippen molar-refractivity contribution in [3.05, 3.63) is 0 Å². The van der Waals surface area contributed by atoms with Crippen LogP contribution in [0.3, 0.4) is 0 Å². The molecule has 0 heterocycles. The molecule has 0 amide bonds. The largest absolute Gasteiger partial charge is 0.480 e. The Kier molecular flexibility index (Phi) is 2.99. The predicted molar refractivity (Wildman–Crippen MR) is 62.9 cm³/mol. The molecule has 2 bridgehead atoms. The third kappa shape index (κ3) is 2.10. The predicted octanol–water partition coefficient (Wildman–Crippen LogP) is 2.25. The minimum atomic E-state index is -0.837. The van der Waals surface area contributed by atoms with Crippen molar-refractivity contribution in [3.63, 3.8) is 0 Å². The van der Waals surface area contributed by atoms with Gasteiger partial charge in [-0.05, 0) is 55.3 Å². The van der Waals surface area contributed by atoms with E-state index in [9.17, 15) is 4.79 Å². The molecule has 2 saturated carbocycles.